The van der Waals surface area contributed by atoms with Crippen molar-refractivity contribution in [3.8, 4) is 5.75 Å². The van der Waals surface area contributed by atoms with Crippen LogP contribution >= 0.6 is 15.9 Å². The fourth-order valence-corrected chi connectivity index (χ4v) is 4.96. The van der Waals surface area contributed by atoms with Crippen LogP contribution in [0, 0.1) is 0 Å². The van der Waals surface area contributed by atoms with Crippen molar-refractivity contribution in [1.82, 2.24) is 5.43 Å². The summed E-state index contributed by atoms with van der Waals surface area (Å²) < 4.78 is 34.2. The van der Waals surface area contributed by atoms with Crippen molar-refractivity contribution >= 4 is 43.3 Å². The van der Waals surface area contributed by atoms with Crippen LogP contribution < -0.4 is 14.5 Å². The van der Waals surface area contributed by atoms with E-state index in [0.717, 1.165) is 20.9 Å². The minimum absolute atomic E-state index is 0.0740. The van der Waals surface area contributed by atoms with Gasteiger partial charge in [-0.25, -0.2) is 13.8 Å². The Morgan fingerprint density at radius 2 is 1.66 bits per heavy atom. The SMILES string of the molecule is CCOc1ccc(N(CC(=O)N/N=C(\C)CCc2ccccc2)S(=O)(=O)c2ccc(Br)cc2)cc1. The first-order valence-electron chi connectivity index (χ1n) is 11.2. The standard InChI is InChI=1S/C26H28BrN3O4S/c1-3-34-24-15-13-23(14-16-24)30(35(32,33)25-17-11-22(27)12-18-25)19-26(31)29-28-20(2)9-10-21-7-5-4-6-8-21/h4-8,11-18H,3,9-10,19H2,1-2H3,(H,29,31)/b28-20+. The molecule has 7 nitrogen and oxygen atoms in total. The Kier molecular flexibility index (Phi) is 9.45. The summed E-state index contributed by atoms with van der Waals surface area (Å²) >= 11 is 3.32. The molecule has 3 aromatic carbocycles. The van der Waals surface area contributed by atoms with Crippen molar-refractivity contribution in [2.24, 2.45) is 5.10 Å². The number of hydrogen-bond acceptors (Lipinski definition) is 5. The van der Waals surface area contributed by atoms with E-state index in [1.807, 2.05) is 44.2 Å². The Labute approximate surface area is 215 Å². The van der Waals surface area contributed by atoms with E-state index in [2.05, 4.69) is 26.5 Å². The summed E-state index contributed by atoms with van der Waals surface area (Å²) in [6, 6.07) is 22.8. The van der Waals surface area contributed by atoms with Crippen LogP contribution in [0.5, 0.6) is 5.75 Å². The number of halogens is 1. The van der Waals surface area contributed by atoms with Crippen LogP contribution in [0.15, 0.2) is 93.3 Å². The van der Waals surface area contributed by atoms with E-state index in [1.165, 1.54) is 17.7 Å². The summed E-state index contributed by atoms with van der Waals surface area (Å²) in [5, 5.41) is 4.16. The lowest BCUT2D eigenvalue weighted by Gasteiger charge is -2.24. The smallest absolute Gasteiger partial charge is 0.264 e. The van der Waals surface area contributed by atoms with Gasteiger partial charge in [0.25, 0.3) is 15.9 Å². The third-order valence-corrected chi connectivity index (χ3v) is 7.43. The number of sulfonamides is 1. The number of ether oxygens (including phenoxy) is 1. The van der Waals surface area contributed by atoms with Gasteiger partial charge in [0, 0.05) is 10.2 Å². The molecule has 0 heterocycles. The lowest BCUT2D eigenvalue weighted by molar-refractivity contribution is -0.119. The summed E-state index contributed by atoms with van der Waals surface area (Å²) in [5.41, 5.74) is 4.76. The highest BCUT2D eigenvalue weighted by Crippen LogP contribution is 2.26. The molecule has 0 spiro atoms. The van der Waals surface area contributed by atoms with Gasteiger partial charge in [-0.3, -0.25) is 9.10 Å². The largest absolute Gasteiger partial charge is 0.494 e. The summed E-state index contributed by atoms with van der Waals surface area (Å²) in [6.07, 6.45) is 1.46. The van der Waals surface area contributed by atoms with Gasteiger partial charge in [0.2, 0.25) is 0 Å². The number of carbonyl (C=O) groups is 1. The highest BCUT2D eigenvalue weighted by molar-refractivity contribution is 9.10. The van der Waals surface area contributed by atoms with Crippen molar-refractivity contribution < 1.29 is 17.9 Å². The molecule has 3 rings (SSSR count). The van der Waals surface area contributed by atoms with Gasteiger partial charge >= 0.3 is 0 Å². The number of anilines is 1. The fourth-order valence-electron chi connectivity index (χ4n) is 3.27. The van der Waals surface area contributed by atoms with E-state index in [-0.39, 0.29) is 4.90 Å². The second-order valence-electron chi connectivity index (χ2n) is 7.76. The van der Waals surface area contributed by atoms with Crippen LogP contribution in [0.3, 0.4) is 0 Å². The number of hydrazone groups is 1. The first-order valence-corrected chi connectivity index (χ1v) is 13.4. The number of hydrogen-bond donors (Lipinski definition) is 1. The van der Waals surface area contributed by atoms with E-state index in [1.54, 1.807) is 36.4 Å². The topological polar surface area (TPSA) is 88.1 Å². The average Bonchev–Trinajstić information content (AvgIpc) is 2.86. The highest BCUT2D eigenvalue weighted by Gasteiger charge is 2.27. The number of rotatable bonds is 11. The lowest BCUT2D eigenvalue weighted by Crippen LogP contribution is -2.39. The quantitative estimate of drug-likeness (QED) is 0.260. The Balaban J connectivity index is 1.76. The summed E-state index contributed by atoms with van der Waals surface area (Å²) in [6.45, 7) is 3.75. The molecule has 0 fully saturated rings. The Hall–Kier alpha value is -3.17. The number of aryl methyl sites for hydroxylation is 1. The van der Waals surface area contributed by atoms with Crippen LogP contribution in [-0.2, 0) is 21.2 Å². The maximum absolute atomic E-state index is 13.5. The molecule has 0 radical (unpaired) electrons. The predicted octanol–water partition coefficient (Wildman–Crippen LogP) is 5.17. The first kappa shape index (κ1) is 26.4. The van der Waals surface area contributed by atoms with E-state index >= 15 is 0 Å². The second-order valence-corrected chi connectivity index (χ2v) is 10.5. The third kappa shape index (κ3) is 7.66. The monoisotopic (exact) mass is 557 g/mol. The minimum Gasteiger partial charge on any atom is -0.494 e. The number of benzene rings is 3. The zero-order valence-electron chi connectivity index (χ0n) is 19.6. The number of carbonyl (C=O) groups excluding carboxylic acids is 1. The maximum atomic E-state index is 13.5. The normalized spacial score (nSPS) is 11.7. The Bertz CT molecular complexity index is 1250. The van der Waals surface area contributed by atoms with E-state index < -0.39 is 22.5 Å². The average molecular weight is 558 g/mol. The third-order valence-electron chi connectivity index (χ3n) is 5.11. The molecule has 0 aliphatic carbocycles. The molecule has 1 amide bonds. The molecular formula is C26H28BrN3O4S. The first-order chi connectivity index (χ1) is 16.8. The van der Waals surface area contributed by atoms with Gasteiger partial charge < -0.3 is 4.74 Å². The van der Waals surface area contributed by atoms with Crippen LogP contribution in [-0.4, -0.2) is 33.2 Å². The van der Waals surface area contributed by atoms with Gasteiger partial charge in [-0.1, -0.05) is 46.3 Å². The Morgan fingerprint density at radius 1 is 1.00 bits per heavy atom. The molecule has 0 bridgehead atoms. The zero-order valence-corrected chi connectivity index (χ0v) is 22.1. The zero-order chi connectivity index (χ0) is 25.3. The summed E-state index contributed by atoms with van der Waals surface area (Å²) in [5.74, 6) is 0.0685. The van der Waals surface area contributed by atoms with Gasteiger partial charge in [0.05, 0.1) is 17.2 Å². The Morgan fingerprint density at radius 3 is 2.29 bits per heavy atom. The van der Waals surface area contributed by atoms with Crippen LogP contribution in [0.25, 0.3) is 0 Å². The number of nitrogens with one attached hydrogen (secondary N) is 1. The van der Waals surface area contributed by atoms with Gasteiger partial charge in [-0.05, 0) is 80.8 Å². The molecule has 0 atom stereocenters. The van der Waals surface area contributed by atoms with Crippen molar-refractivity contribution in [2.75, 3.05) is 17.5 Å². The van der Waals surface area contributed by atoms with Crippen molar-refractivity contribution in [3.63, 3.8) is 0 Å². The van der Waals surface area contributed by atoms with Gasteiger partial charge in [-0.15, -0.1) is 0 Å². The fraction of sp³-hybridized carbons (Fsp3) is 0.231. The predicted molar refractivity (Wildman–Crippen MR) is 142 cm³/mol. The van der Waals surface area contributed by atoms with Gasteiger partial charge in [0.1, 0.15) is 12.3 Å². The number of amides is 1. The molecule has 1 N–H and O–H groups in total. The van der Waals surface area contributed by atoms with Crippen molar-refractivity contribution in [2.45, 2.75) is 31.6 Å². The minimum atomic E-state index is -4.01. The van der Waals surface area contributed by atoms with E-state index in [4.69, 9.17) is 4.74 Å². The molecule has 0 unspecified atom stereocenters. The molecule has 0 saturated carbocycles. The molecule has 0 aliphatic rings. The molecule has 184 valence electrons. The highest BCUT2D eigenvalue weighted by atomic mass is 79.9. The molecule has 0 aromatic heterocycles. The van der Waals surface area contributed by atoms with Gasteiger partial charge in [-0.2, -0.15) is 5.10 Å². The number of nitrogens with zero attached hydrogens (tertiary/aromatic N) is 2. The van der Waals surface area contributed by atoms with Crippen LogP contribution in [0.1, 0.15) is 25.8 Å². The molecule has 0 saturated heterocycles. The second kappa shape index (κ2) is 12.5. The molecule has 35 heavy (non-hydrogen) atoms. The maximum Gasteiger partial charge on any atom is 0.264 e. The lowest BCUT2D eigenvalue weighted by atomic mass is 10.1. The summed E-state index contributed by atoms with van der Waals surface area (Å²) in [7, 11) is -4.01. The molecule has 3 aromatic rings. The van der Waals surface area contributed by atoms with E-state index in [0.29, 0.717) is 24.5 Å². The van der Waals surface area contributed by atoms with Crippen LogP contribution in [0.4, 0.5) is 5.69 Å². The molecular weight excluding hydrogens is 530 g/mol. The van der Waals surface area contributed by atoms with Crippen molar-refractivity contribution in [1.29, 1.82) is 0 Å². The molecule has 0 aliphatic heterocycles. The summed E-state index contributed by atoms with van der Waals surface area (Å²) in [4.78, 5) is 12.8. The van der Waals surface area contributed by atoms with Crippen molar-refractivity contribution in [3.05, 3.63) is 88.9 Å². The van der Waals surface area contributed by atoms with E-state index in [9.17, 15) is 13.2 Å². The molecule has 9 heteroatoms. The van der Waals surface area contributed by atoms with Crippen LogP contribution in [0.2, 0.25) is 0 Å². The van der Waals surface area contributed by atoms with Gasteiger partial charge in [0.15, 0.2) is 0 Å².